The Hall–Kier alpha value is -3.14. The fourth-order valence-electron chi connectivity index (χ4n) is 2.54. The summed E-state index contributed by atoms with van der Waals surface area (Å²) in [6, 6.07) is 24.5. The van der Waals surface area contributed by atoms with Crippen molar-refractivity contribution in [1.82, 2.24) is 10.3 Å². The zero-order valence-corrected chi connectivity index (χ0v) is 14.0. The Morgan fingerprint density at radius 1 is 0.920 bits per heavy atom. The van der Waals surface area contributed by atoms with E-state index in [1.165, 1.54) is 0 Å². The van der Waals surface area contributed by atoms with Gasteiger partial charge >= 0.3 is 0 Å². The van der Waals surface area contributed by atoms with Crippen LogP contribution >= 0.6 is 0 Å². The Labute approximate surface area is 147 Å². The van der Waals surface area contributed by atoms with E-state index in [4.69, 9.17) is 4.74 Å². The highest BCUT2D eigenvalue weighted by molar-refractivity contribution is 5.81. The molecule has 0 saturated carbocycles. The summed E-state index contributed by atoms with van der Waals surface area (Å²) >= 11 is 0. The lowest BCUT2D eigenvalue weighted by molar-refractivity contribution is -0.127. The van der Waals surface area contributed by atoms with Gasteiger partial charge in [0.05, 0.1) is 11.7 Å². The molecule has 0 aliphatic heterocycles. The number of ether oxygens (including phenoxy) is 1. The van der Waals surface area contributed by atoms with Crippen LogP contribution in [0.25, 0.3) is 0 Å². The van der Waals surface area contributed by atoms with Crippen molar-refractivity contribution in [3.8, 4) is 5.75 Å². The summed E-state index contributed by atoms with van der Waals surface area (Å²) in [4.78, 5) is 17.0. The Morgan fingerprint density at radius 2 is 1.56 bits per heavy atom. The van der Waals surface area contributed by atoms with Crippen molar-refractivity contribution in [2.24, 2.45) is 0 Å². The van der Waals surface area contributed by atoms with Gasteiger partial charge in [-0.3, -0.25) is 9.78 Å². The average molecular weight is 332 g/mol. The van der Waals surface area contributed by atoms with E-state index < -0.39 is 6.10 Å². The van der Waals surface area contributed by atoms with Crippen LogP contribution in [-0.2, 0) is 4.79 Å². The molecule has 4 nitrogen and oxygen atoms in total. The zero-order chi connectivity index (χ0) is 17.5. The van der Waals surface area contributed by atoms with E-state index in [0.717, 1.165) is 11.3 Å². The molecule has 4 heteroatoms. The number of amides is 1. The SMILES string of the molecule is C[C@@H](Oc1ccccc1)C(=O)N[C@@H](c1ccccc1)c1ccccn1. The first-order chi connectivity index (χ1) is 12.2. The second kappa shape index (κ2) is 8.11. The Kier molecular flexibility index (Phi) is 5.42. The van der Waals surface area contributed by atoms with E-state index in [1.54, 1.807) is 13.1 Å². The van der Waals surface area contributed by atoms with E-state index >= 15 is 0 Å². The molecule has 0 aliphatic rings. The first-order valence-corrected chi connectivity index (χ1v) is 8.22. The van der Waals surface area contributed by atoms with E-state index in [-0.39, 0.29) is 11.9 Å². The van der Waals surface area contributed by atoms with Crippen molar-refractivity contribution < 1.29 is 9.53 Å². The van der Waals surface area contributed by atoms with Gasteiger partial charge in [-0.15, -0.1) is 0 Å². The number of carbonyl (C=O) groups is 1. The molecule has 3 rings (SSSR count). The summed E-state index contributed by atoms with van der Waals surface area (Å²) in [5, 5.41) is 3.04. The number of nitrogens with one attached hydrogen (secondary N) is 1. The minimum Gasteiger partial charge on any atom is -0.481 e. The van der Waals surface area contributed by atoms with Gasteiger partial charge in [-0.05, 0) is 36.8 Å². The summed E-state index contributed by atoms with van der Waals surface area (Å²) in [5.74, 6) is 0.475. The van der Waals surface area contributed by atoms with Crippen LogP contribution in [0.15, 0.2) is 85.1 Å². The number of hydrogen-bond acceptors (Lipinski definition) is 3. The Bertz CT molecular complexity index is 752. The van der Waals surface area contributed by atoms with Crippen LogP contribution in [0.1, 0.15) is 24.2 Å². The third-order valence-electron chi connectivity index (χ3n) is 3.83. The van der Waals surface area contributed by atoms with Gasteiger partial charge in [0.2, 0.25) is 0 Å². The minimum absolute atomic E-state index is 0.191. The summed E-state index contributed by atoms with van der Waals surface area (Å²) in [6.07, 6.45) is 1.11. The normalized spacial score (nSPS) is 12.8. The van der Waals surface area contributed by atoms with Crippen molar-refractivity contribution in [1.29, 1.82) is 0 Å². The fourth-order valence-corrected chi connectivity index (χ4v) is 2.54. The number of aromatic nitrogens is 1. The molecule has 0 bridgehead atoms. The van der Waals surface area contributed by atoms with Crippen LogP contribution in [0.2, 0.25) is 0 Å². The first kappa shape index (κ1) is 16.7. The van der Waals surface area contributed by atoms with Gasteiger partial charge in [0.25, 0.3) is 5.91 Å². The van der Waals surface area contributed by atoms with Crippen molar-refractivity contribution in [3.63, 3.8) is 0 Å². The highest BCUT2D eigenvalue weighted by Crippen LogP contribution is 2.20. The molecule has 2 atom stereocenters. The molecule has 25 heavy (non-hydrogen) atoms. The quantitative estimate of drug-likeness (QED) is 0.748. The van der Waals surface area contributed by atoms with Gasteiger partial charge in [0, 0.05) is 6.20 Å². The molecule has 0 aliphatic carbocycles. The smallest absolute Gasteiger partial charge is 0.261 e. The van der Waals surface area contributed by atoms with Gasteiger partial charge in [-0.1, -0.05) is 54.6 Å². The van der Waals surface area contributed by atoms with Crippen molar-refractivity contribution in [2.45, 2.75) is 19.1 Å². The lowest BCUT2D eigenvalue weighted by Crippen LogP contribution is -2.39. The molecule has 0 spiro atoms. The lowest BCUT2D eigenvalue weighted by atomic mass is 10.0. The molecular formula is C21H20N2O2. The molecule has 1 heterocycles. The zero-order valence-electron chi connectivity index (χ0n) is 14.0. The van der Waals surface area contributed by atoms with E-state index in [1.807, 2.05) is 78.9 Å². The predicted octanol–water partition coefficient (Wildman–Crippen LogP) is 3.75. The molecule has 0 saturated heterocycles. The highest BCUT2D eigenvalue weighted by atomic mass is 16.5. The van der Waals surface area contributed by atoms with Crippen LogP contribution in [0.5, 0.6) is 5.75 Å². The number of hydrogen-bond donors (Lipinski definition) is 1. The van der Waals surface area contributed by atoms with Gasteiger partial charge in [-0.25, -0.2) is 0 Å². The monoisotopic (exact) mass is 332 g/mol. The molecule has 3 aromatic rings. The van der Waals surface area contributed by atoms with Crippen LogP contribution < -0.4 is 10.1 Å². The van der Waals surface area contributed by atoms with Crippen LogP contribution in [-0.4, -0.2) is 17.0 Å². The summed E-state index contributed by atoms with van der Waals surface area (Å²) in [7, 11) is 0. The molecule has 1 amide bonds. The Balaban J connectivity index is 1.77. The van der Waals surface area contributed by atoms with E-state index in [2.05, 4.69) is 10.3 Å². The summed E-state index contributed by atoms with van der Waals surface area (Å²) in [6.45, 7) is 1.74. The Morgan fingerprint density at radius 3 is 2.20 bits per heavy atom. The lowest BCUT2D eigenvalue weighted by Gasteiger charge is -2.21. The summed E-state index contributed by atoms with van der Waals surface area (Å²) < 4.78 is 5.72. The number of benzene rings is 2. The molecule has 1 aromatic heterocycles. The molecule has 1 N–H and O–H groups in total. The average Bonchev–Trinajstić information content (AvgIpc) is 2.68. The number of carbonyl (C=O) groups excluding carboxylic acids is 1. The van der Waals surface area contributed by atoms with Crippen LogP contribution in [0, 0.1) is 0 Å². The molecule has 0 unspecified atom stereocenters. The van der Waals surface area contributed by atoms with E-state index in [0.29, 0.717) is 5.75 Å². The summed E-state index contributed by atoms with van der Waals surface area (Å²) in [5.41, 5.74) is 1.76. The molecule has 126 valence electrons. The van der Waals surface area contributed by atoms with E-state index in [9.17, 15) is 4.79 Å². The van der Waals surface area contributed by atoms with Gasteiger partial charge in [0.15, 0.2) is 6.10 Å². The number of nitrogens with zero attached hydrogens (tertiary/aromatic N) is 1. The van der Waals surface area contributed by atoms with Crippen molar-refractivity contribution in [3.05, 3.63) is 96.3 Å². The minimum atomic E-state index is -0.614. The van der Waals surface area contributed by atoms with Crippen molar-refractivity contribution in [2.75, 3.05) is 0 Å². The third kappa shape index (κ3) is 4.44. The van der Waals surface area contributed by atoms with Crippen LogP contribution in [0.3, 0.4) is 0 Å². The fraction of sp³-hybridized carbons (Fsp3) is 0.143. The first-order valence-electron chi connectivity index (χ1n) is 8.22. The second-order valence-corrected chi connectivity index (χ2v) is 5.68. The molecule has 2 aromatic carbocycles. The number of rotatable bonds is 6. The maximum absolute atomic E-state index is 12.6. The maximum Gasteiger partial charge on any atom is 0.261 e. The standard InChI is InChI=1S/C21H20N2O2/c1-16(25-18-12-6-3-7-13-18)21(24)23-20(17-10-4-2-5-11-17)19-14-8-9-15-22-19/h2-16,20H,1H3,(H,23,24)/t16-,20+/m1/s1. The van der Waals surface area contributed by atoms with Gasteiger partial charge in [0.1, 0.15) is 5.75 Å². The topological polar surface area (TPSA) is 51.2 Å². The van der Waals surface area contributed by atoms with Gasteiger partial charge < -0.3 is 10.1 Å². The molecule has 0 radical (unpaired) electrons. The van der Waals surface area contributed by atoms with Crippen molar-refractivity contribution >= 4 is 5.91 Å². The number of para-hydroxylation sites is 1. The predicted molar refractivity (Wildman–Crippen MR) is 97.2 cm³/mol. The highest BCUT2D eigenvalue weighted by Gasteiger charge is 2.22. The van der Waals surface area contributed by atoms with Gasteiger partial charge in [-0.2, -0.15) is 0 Å². The number of pyridine rings is 1. The second-order valence-electron chi connectivity index (χ2n) is 5.68. The largest absolute Gasteiger partial charge is 0.481 e. The maximum atomic E-state index is 12.6. The molecule has 0 fully saturated rings. The molecular weight excluding hydrogens is 312 g/mol. The third-order valence-corrected chi connectivity index (χ3v) is 3.83. The van der Waals surface area contributed by atoms with Crippen LogP contribution in [0.4, 0.5) is 0 Å².